The van der Waals surface area contributed by atoms with Crippen LogP contribution in [0.5, 0.6) is 0 Å². The standard InChI is InChI=1S/C20H19F5N4O3S.K/c1-8(20(23,24)25)27-13-6-11(16(21)22)12(7-26-13)15-14(28-17(33-15)19(31)32)18(30)29-9-2-3-10(29)5-4-9;/h6-10,16H,2-5H2,1H3,(H,26,27)(H,31,32);/q;+1/p-1/t8-,9-,10-;/m0./s1. The summed E-state index contributed by atoms with van der Waals surface area (Å²) in [5, 5.41) is 12.9. The van der Waals surface area contributed by atoms with Crippen molar-refractivity contribution < 1.29 is 88.0 Å². The van der Waals surface area contributed by atoms with Crippen molar-refractivity contribution in [2.45, 2.75) is 63.3 Å². The van der Waals surface area contributed by atoms with Crippen molar-refractivity contribution in [3.63, 3.8) is 0 Å². The number of rotatable bonds is 6. The predicted molar refractivity (Wildman–Crippen MR) is 106 cm³/mol. The van der Waals surface area contributed by atoms with E-state index in [1.807, 2.05) is 5.32 Å². The summed E-state index contributed by atoms with van der Waals surface area (Å²) in [5.41, 5.74) is -1.27. The molecule has 2 fully saturated rings. The van der Waals surface area contributed by atoms with Crippen LogP contribution in [0, 0.1) is 0 Å². The number of carbonyl (C=O) groups is 2. The number of carbonyl (C=O) groups excluding carboxylic acids is 2. The average molecular weight is 529 g/mol. The molecule has 1 amide bonds. The third-order valence-corrected chi connectivity index (χ3v) is 7.03. The molecule has 4 rings (SSSR count). The van der Waals surface area contributed by atoms with Gasteiger partial charge in [0.1, 0.15) is 28.5 Å². The second kappa shape index (κ2) is 10.4. The Labute approximate surface area is 237 Å². The quantitative estimate of drug-likeness (QED) is 0.437. The van der Waals surface area contributed by atoms with Crippen molar-refractivity contribution in [1.29, 1.82) is 0 Å². The second-order valence-electron chi connectivity index (χ2n) is 8.02. The summed E-state index contributed by atoms with van der Waals surface area (Å²) in [6.45, 7) is 0.814. The van der Waals surface area contributed by atoms with Gasteiger partial charge in [-0.15, -0.1) is 11.3 Å². The first-order chi connectivity index (χ1) is 15.5. The van der Waals surface area contributed by atoms with Crippen LogP contribution in [0.3, 0.4) is 0 Å². The molecule has 0 saturated carbocycles. The molecule has 2 aromatic rings. The Kier molecular flexibility index (Phi) is 8.40. The summed E-state index contributed by atoms with van der Waals surface area (Å²) < 4.78 is 66.2. The van der Waals surface area contributed by atoms with Gasteiger partial charge in [0.25, 0.3) is 12.3 Å². The van der Waals surface area contributed by atoms with Gasteiger partial charge in [0.05, 0.1) is 4.88 Å². The first-order valence-corrected chi connectivity index (χ1v) is 11.0. The van der Waals surface area contributed by atoms with E-state index in [1.54, 1.807) is 4.90 Å². The van der Waals surface area contributed by atoms with Crippen LogP contribution in [-0.4, -0.2) is 51.0 Å². The first-order valence-electron chi connectivity index (χ1n) is 10.1. The largest absolute Gasteiger partial charge is 1.00 e. The molecule has 178 valence electrons. The van der Waals surface area contributed by atoms with Gasteiger partial charge in [-0.3, -0.25) is 4.79 Å². The fraction of sp³-hybridized carbons (Fsp3) is 0.500. The number of anilines is 1. The van der Waals surface area contributed by atoms with Crippen molar-refractivity contribution in [2.75, 3.05) is 5.32 Å². The SMILES string of the molecule is C[C@H](Nc1cc(C(F)F)c(-c2sc(C(=O)[O-])nc2C(=O)N2[C@H]3CC[C@H]2CC3)cn1)C(F)(F)F.[K+]. The molecule has 0 unspecified atom stereocenters. The Morgan fingerprint density at radius 2 is 1.79 bits per heavy atom. The van der Waals surface area contributed by atoms with E-state index >= 15 is 0 Å². The maximum absolute atomic E-state index is 13.9. The van der Waals surface area contributed by atoms with Crippen molar-refractivity contribution in [1.82, 2.24) is 14.9 Å². The van der Waals surface area contributed by atoms with Crippen LogP contribution in [0.2, 0.25) is 0 Å². The number of hydrogen-bond donors (Lipinski definition) is 1. The number of halogens is 5. The fourth-order valence-corrected chi connectivity index (χ4v) is 5.25. The first kappa shape index (κ1) is 27.4. The van der Waals surface area contributed by atoms with Crippen LogP contribution < -0.4 is 61.8 Å². The zero-order valence-electron chi connectivity index (χ0n) is 18.2. The van der Waals surface area contributed by atoms with Crippen LogP contribution in [0.25, 0.3) is 10.4 Å². The van der Waals surface area contributed by atoms with Gasteiger partial charge in [-0.05, 0) is 38.7 Å². The molecule has 2 saturated heterocycles. The summed E-state index contributed by atoms with van der Waals surface area (Å²) in [7, 11) is 0. The topological polar surface area (TPSA) is 98.2 Å². The van der Waals surface area contributed by atoms with Gasteiger partial charge in [-0.1, -0.05) is 0 Å². The number of carboxylic acids is 1. The van der Waals surface area contributed by atoms with Gasteiger partial charge < -0.3 is 20.1 Å². The third-order valence-electron chi connectivity index (χ3n) is 5.96. The number of nitrogens with one attached hydrogen (secondary N) is 1. The number of carboxylic acid groups (broad SMARTS) is 1. The van der Waals surface area contributed by atoms with E-state index in [-0.39, 0.29) is 79.6 Å². The van der Waals surface area contributed by atoms with Crippen LogP contribution in [0.15, 0.2) is 12.3 Å². The molecule has 0 radical (unpaired) electrons. The molecule has 7 nitrogen and oxygen atoms in total. The second-order valence-corrected chi connectivity index (χ2v) is 9.02. The number of aromatic nitrogens is 2. The van der Waals surface area contributed by atoms with E-state index in [1.165, 1.54) is 0 Å². The third kappa shape index (κ3) is 5.31. The summed E-state index contributed by atoms with van der Waals surface area (Å²) >= 11 is 0.492. The van der Waals surface area contributed by atoms with Crippen LogP contribution in [0.1, 0.15) is 64.9 Å². The molecule has 2 aromatic heterocycles. The minimum absolute atomic E-state index is 0. The normalized spacial score (nSPS) is 20.4. The fourth-order valence-electron chi connectivity index (χ4n) is 4.33. The summed E-state index contributed by atoms with van der Waals surface area (Å²) in [6.07, 6.45) is -3.68. The van der Waals surface area contributed by atoms with Gasteiger partial charge in [0.15, 0.2) is 0 Å². The van der Waals surface area contributed by atoms with Crippen molar-refractivity contribution >= 4 is 29.0 Å². The molecule has 4 heterocycles. The van der Waals surface area contributed by atoms with Crippen LogP contribution in [-0.2, 0) is 0 Å². The number of thiazole rings is 1. The van der Waals surface area contributed by atoms with E-state index in [4.69, 9.17) is 0 Å². The number of alkyl halides is 5. The maximum atomic E-state index is 13.9. The molecule has 1 atom stereocenters. The molecule has 2 bridgehead atoms. The van der Waals surface area contributed by atoms with Crippen molar-refractivity contribution in [3.05, 3.63) is 28.5 Å². The van der Waals surface area contributed by atoms with Gasteiger partial charge in [0.2, 0.25) is 0 Å². The van der Waals surface area contributed by atoms with Crippen LogP contribution in [0.4, 0.5) is 27.8 Å². The zero-order chi connectivity index (χ0) is 24.1. The van der Waals surface area contributed by atoms with Crippen LogP contribution >= 0.6 is 11.3 Å². The number of hydrogen-bond acceptors (Lipinski definition) is 7. The van der Waals surface area contributed by atoms with Gasteiger partial charge >= 0.3 is 57.6 Å². The predicted octanol–water partition coefficient (Wildman–Crippen LogP) is 0.640. The number of aromatic carboxylic acids is 1. The van der Waals surface area contributed by atoms with Crippen molar-refractivity contribution in [2.24, 2.45) is 0 Å². The molecular formula is C20H18F5KN4O3S. The molecule has 34 heavy (non-hydrogen) atoms. The van der Waals surface area contributed by atoms with E-state index in [9.17, 15) is 36.6 Å². The van der Waals surface area contributed by atoms with E-state index in [0.717, 1.165) is 44.9 Å². The Balaban J connectivity index is 0.00000324. The molecule has 0 aromatic carbocycles. The summed E-state index contributed by atoms with van der Waals surface area (Å²) in [5.74, 6) is -2.67. The smallest absolute Gasteiger partial charge is 0.542 e. The Bertz CT molecular complexity index is 1080. The Hall–Kier alpha value is -1.19. The number of amides is 1. The number of nitrogens with zero attached hydrogens (tertiary/aromatic N) is 3. The molecule has 0 aliphatic carbocycles. The molecule has 2 aliphatic heterocycles. The molecular weight excluding hydrogens is 510 g/mol. The minimum atomic E-state index is -4.62. The van der Waals surface area contributed by atoms with E-state index in [2.05, 4.69) is 9.97 Å². The zero-order valence-corrected chi connectivity index (χ0v) is 22.1. The molecule has 14 heteroatoms. The molecule has 0 spiro atoms. The van der Waals surface area contributed by atoms with E-state index < -0.39 is 46.9 Å². The van der Waals surface area contributed by atoms with Crippen molar-refractivity contribution in [3.8, 4) is 10.4 Å². The monoisotopic (exact) mass is 528 g/mol. The average Bonchev–Trinajstić information content (AvgIpc) is 3.46. The summed E-state index contributed by atoms with van der Waals surface area (Å²) in [4.78, 5) is 33.8. The number of pyridine rings is 1. The Morgan fingerprint density at radius 1 is 1.21 bits per heavy atom. The number of fused-ring (bicyclic) bond motifs is 2. The minimum Gasteiger partial charge on any atom is -0.542 e. The molecule has 2 aliphatic rings. The Morgan fingerprint density at radius 3 is 2.29 bits per heavy atom. The maximum Gasteiger partial charge on any atom is 1.00 e. The van der Waals surface area contributed by atoms with E-state index in [0.29, 0.717) is 11.3 Å². The van der Waals surface area contributed by atoms with Gasteiger partial charge in [-0.2, -0.15) is 13.2 Å². The summed E-state index contributed by atoms with van der Waals surface area (Å²) in [6, 6.07) is -1.33. The van der Waals surface area contributed by atoms with Gasteiger partial charge in [-0.25, -0.2) is 18.7 Å². The molecule has 1 N–H and O–H groups in total. The van der Waals surface area contributed by atoms with Gasteiger partial charge in [0, 0.05) is 29.4 Å².